The Kier molecular flexibility index (Phi) is 10.9. The lowest BCUT2D eigenvalue weighted by Gasteiger charge is -2.39. The number of esters is 3. The number of aliphatic hydroxyl groups is 1. The van der Waals surface area contributed by atoms with Gasteiger partial charge in [-0.25, -0.2) is 14.4 Å². The van der Waals surface area contributed by atoms with Gasteiger partial charge in [0.2, 0.25) is 0 Å². The summed E-state index contributed by atoms with van der Waals surface area (Å²) in [5.41, 5.74) is 0. The molecule has 2 unspecified atom stereocenters. The fourth-order valence-corrected chi connectivity index (χ4v) is 2.20. The molecule has 194 valence electrons. The number of aliphatic hydroxyl groups excluding tert-OH is 1. The summed E-state index contributed by atoms with van der Waals surface area (Å²) in [6.07, 6.45) is -3.72. The molecule has 15 heteroatoms. The van der Waals surface area contributed by atoms with Gasteiger partial charge in [0.05, 0.1) is 18.9 Å². The van der Waals surface area contributed by atoms with E-state index in [1.54, 1.807) is 0 Å². The Balaban J connectivity index is 6.02. The Morgan fingerprint density at radius 3 is 1.62 bits per heavy atom. The first-order valence-corrected chi connectivity index (χ1v) is 8.98. The summed E-state index contributed by atoms with van der Waals surface area (Å²) in [4.78, 5) is 33.2. The molecule has 0 amide bonds. The number of carbonyl (C=O) groups excluding carboxylic acids is 3. The maximum Gasteiger partial charge on any atom is 0.378 e. The summed E-state index contributed by atoms with van der Waals surface area (Å²) >= 11 is 0. The number of hydrogen-bond acceptors (Lipinski definition) is 7. The van der Waals surface area contributed by atoms with Crippen molar-refractivity contribution < 1.29 is 68.8 Å². The zero-order valence-corrected chi connectivity index (χ0v) is 17.3. The highest BCUT2D eigenvalue weighted by Gasteiger charge is 2.81. The molecule has 0 heterocycles. The summed E-state index contributed by atoms with van der Waals surface area (Å²) in [5.74, 6) is -33.2. The van der Waals surface area contributed by atoms with E-state index in [0.29, 0.717) is 18.2 Å². The quantitative estimate of drug-likeness (QED) is 0.156. The minimum Gasteiger partial charge on any atom is -0.462 e. The molecule has 0 aliphatic rings. The largest absolute Gasteiger partial charge is 0.462 e. The van der Waals surface area contributed by atoms with Crippen molar-refractivity contribution in [3.05, 3.63) is 38.0 Å². The van der Waals surface area contributed by atoms with E-state index in [2.05, 4.69) is 33.9 Å². The highest BCUT2D eigenvalue weighted by Crippen LogP contribution is 2.56. The van der Waals surface area contributed by atoms with Gasteiger partial charge < -0.3 is 19.3 Å². The van der Waals surface area contributed by atoms with Crippen LogP contribution in [-0.4, -0.2) is 72.6 Å². The van der Waals surface area contributed by atoms with Gasteiger partial charge in [0, 0.05) is 18.2 Å². The highest BCUT2D eigenvalue weighted by atomic mass is 19.4. The number of rotatable bonds is 15. The second-order valence-electron chi connectivity index (χ2n) is 6.49. The average molecular weight is 512 g/mol. The summed E-state index contributed by atoms with van der Waals surface area (Å²) < 4.78 is 126. The third-order valence-corrected chi connectivity index (χ3v) is 4.11. The molecule has 1 N–H and O–H groups in total. The molecule has 0 spiro atoms. The van der Waals surface area contributed by atoms with E-state index >= 15 is 0 Å². The molecule has 0 bridgehead atoms. The first-order chi connectivity index (χ1) is 15.4. The Morgan fingerprint density at radius 2 is 1.21 bits per heavy atom. The summed E-state index contributed by atoms with van der Waals surface area (Å²) in [6, 6.07) is 0. The normalized spacial score (nSPS) is 14.4. The van der Waals surface area contributed by atoms with Gasteiger partial charge in [-0.15, -0.1) is 0 Å². The van der Waals surface area contributed by atoms with Crippen LogP contribution in [-0.2, 0) is 28.6 Å². The van der Waals surface area contributed by atoms with E-state index in [4.69, 9.17) is 5.11 Å². The second kappa shape index (κ2) is 11.9. The Labute approximate surface area is 187 Å². The van der Waals surface area contributed by atoms with Gasteiger partial charge >= 0.3 is 41.6 Å². The van der Waals surface area contributed by atoms with Gasteiger partial charge in [0.15, 0.2) is 0 Å². The molecule has 0 saturated carbocycles. The molecule has 7 nitrogen and oxygen atoms in total. The predicted molar refractivity (Wildman–Crippen MR) is 97.4 cm³/mol. The lowest BCUT2D eigenvalue weighted by atomic mass is 9.88. The van der Waals surface area contributed by atoms with Crippen LogP contribution in [0, 0.1) is 5.92 Å². The number of carbonyl (C=O) groups is 3. The molecule has 0 aromatic carbocycles. The minimum absolute atomic E-state index is 0.373. The monoisotopic (exact) mass is 512 g/mol. The average Bonchev–Trinajstić information content (AvgIpc) is 2.76. The van der Waals surface area contributed by atoms with Gasteiger partial charge in [-0.2, -0.15) is 35.1 Å². The summed E-state index contributed by atoms with van der Waals surface area (Å²) in [7, 11) is 0. The van der Waals surface area contributed by atoms with Crippen molar-refractivity contribution in [1.82, 2.24) is 0 Å². The molecule has 34 heavy (non-hydrogen) atoms. The first kappa shape index (κ1) is 31.0. The van der Waals surface area contributed by atoms with Crippen LogP contribution in [0.2, 0.25) is 0 Å². The van der Waals surface area contributed by atoms with Crippen molar-refractivity contribution in [2.45, 2.75) is 36.2 Å². The first-order valence-electron chi connectivity index (χ1n) is 8.98. The Morgan fingerprint density at radius 1 is 0.765 bits per heavy atom. The molecule has 0 fully saturated rings. The molecule has 0 aromatic heterocycles. The topological polar surface area (TPSA) is 99.1 Å². The fraction of sp³-hybridized carbons (Fsp3) is 0.526. The Hall–Kier alpha value is -2.97. The molecule has 0 aliphatic heterocycles. The van der Waals surface area contributed by atoms with Crippen LogP contribution in [0.1, 0.15) is 6.42 Å². The molecule has 2 atom stereocenters. The molecule has 0 saturated heterocycles. The van der Waals surface area contributed by atoms with Crippen molar-refractivity contribution in [2.75, 3.05) is 19.8 Å². The van der Waals surface area contributed by atoms with Crippen LogP contribution in [0.4, 0.5) is 35.1 Å². The highest BCUT2D eigenvalue weighted by molar-refractivity contribution is 5.82. The Bertz CT molecular complexity index is 783. The van der Waals surface area contributed by atoms with E-state index in [1.807, 2.05) is 0 Å². The molecule has 0 aliphatic carbocycles. The fourth-order valence-electron chi connectivity index (χ4n) is 2.20. The molecular formula is C19H20F8O7. The maximum atomic E-state index is 14.3. The lowest BCUT2D eigenvalue weighted by Crippen LogP contribution is -2.65. The van der Waals surface area contributed by atoms with Crippen molar-refractivity contribution in [3.63, 3.8) is 0 Å². The van der Waals surface area contributed by atoms with Gasteiger partial charge in [-0.3, -0.25) is 0 Å². The standard InChI is InChI=1S/C19H20F8O7/c1-4-13(29)32-9-11(8-28)17(22,23)19(26,27)18(24,25)16(20,21)7-12(34-15(31)6-3)10-33-14(30)5-2/h4-6,11-12,28H,1-3,7-10H2. The smallest absolute Gasteiger partial charge is 0.378 e. The lowest BCUT2D eigenvalue weighted by molar-refractivity contribution is -0.380. The zero-order valence-electron chi connectivity index (χ0n) is 17.3. The van der Waals surface area contributed by atoms with E-state index < -0.39 is 79.9 Å². The van der Waals surface area contributed by atoms with E-state index in [1.165, 1.54) is 0 Å². The van der Waals surface area contributed by atoms with Gasteiger partial charge in [0.1, 0.15) is 19.3 Å². The number of hydrogen-bond donors (Lipinski definition) is 1. The summed E-state index contributed by atoms with van der Waals surface area (Å²) in [5, 5.41) is 8.91. The van der Waals surface area contributed by atoms with Crippen LogP contribution in [0.3, 0.4) is 0 Å². The van der Waals surface area contributed by atoms with E-state index in [0.717, 1.165) is 0 Å². The number of ether oxygens (including phenoxy) is 3. The van der Waals surface area contributed by atoms with E-state index in [9.17, 15) is 49.5 Å². The number of halogens is 8. The number of alkyl halides is 8. The van der Waals surface area contributed by atoms with Crippen molar-refractivity contribution in [3.8, 4) is 0 Å². The van der Waals surface area contributed by atoms with Gasteiger partial charge in [0.25, 0.3) is 0 Å². The maximum absolute atomic E-state index is 14.3. The molecule has 0 aromatic rings. The van der Waals surface area contributed by atoms with Crippen molar-refractivity contribution >= 4 is 17.9 Å². The SMILES string of the molecule is C=CC(=O)OCC(CC(F)(F)C(F)(F)C(F)(F)C(F)(F)C(CO)COC(=O)C=C)OC(=O)C=C. The van der Waals surface area contributed by atoms with Crippen LogP contribution in [0.5, 0.6) is 0 Å². The predicted octanol–water partition coefficient (Wildman–Crippen LogP) is 3.08. The third kappa shape index (κ3) is 7.01. The zero-order chi connectivity index (χ0) is 27.0. The van der Waals surface area contributed by atoms with E-state index in [-0.39, 0.29) is 0 Å². The van der Waals surface area contributed by atoms with Crippen molar-refractivity contribution in [1.29, 1.82) is 0 Å². The van der Waals surface area contributed by atoms with Crippen LogP contribution < -0.4 is 0 Å². The molecule has 0 radical (unpaired) electrons. The third-order valence-electron chi connectivity index (χ3n) is 4.11. The summed E-state index contributed by atoms with van der Waals surface area (Å²) in [6.45, 7) is 3.62. The minimum atomic E-state index is -6.83. The van der Waals surface area contributed by atoms with Crippen molar-refractivity contribution in [2.24, 2.45) is 5.92 Å². The molecular weight excluding hydrogens is 492 g/mol. The molecule has 0 rings (SSSR count). The van der Waals surface area contributed by atoms with Crippen LogP contribution in [0.15, 0.2) is 38.0 Å². The van der Waals surface area contributed by atoms with Crippen LogP contribution >= 0.6 is 0 Å². The van der Waals surface area contributed by atoms with Crippen LogP contribution in [0.25, 0.3) is 0 Å². The van der Waals surface area contributed by atoms with Gasteiger partial charge in [-0.1, -0.05) is 19.7 Å². The second-order valence-corrected chi connectivity index (χ2v) is 6.49. The van der Waals surface area contributed by atoms with Gasteiger partial charge in [-0.05, 0) is 0 Å².